The van der Waals surface area contributed by atoms with Crippen LogP contribution in [0.4, 0.5) is 0 Å². The first-order valence-electron chi connectivity index (χ1n) is 5.74. The molecule has 1 N–H and O–H groups in total. The number of benzene rings is 1. The minimum absolute atomic E-state index is 0.612. The fourth-order valence-electron chi connectivity index (χ4n) is 1.91. The van der Waals surface area contributed by atoms with E-state index in [1.807, 2.05) is 24.4 Å². The van der Waals surface area contributed by atoms with Crippen molar-refractivity contribution in [3.63, 3.8) is 0 Å². The summed E-state index contributed by atoms with van der Waals surface area (Å²) in [5.74, 6) is 0.907. The third-order valence-corrected chi connectivity index (χ3v) is 4.16. The average Bonchev–Trinajstić information content (AvgIpc) is 3.02. The zero-order valence-corrected chi connectivity index (χ0v) is 12.2. The van der Waals surface area contributed by atoms with Crippen molar-refractivity contribution >= 4 is 34.5 Å². The molecule has 3 rings (SSSR count). The van der Waals surface area contributed by atoms with E-state index < -0.39 is 0 Å². The Balaban J connectivity index is 1.93. The molecule has 3 aromatic rings. The Morgan fingerprint density at radius 3 is 2.63 bits per heavy atom. The van der Waals surface area contributed by atoms with Gasteiger partial charge in [-0.05, 0) is 34.5 Å². The first-order valence-corrected chi connectivity index (χ1v) is 7.43. The lowest BCUT2D eigenvalue weighted by Gasteiger charge is -2.02. The van der Waals surface area contributed by atoms with E-state index in [4.69, 9.17) is 23.2 Å². The fraction of sp³-hybridized carbons (Fsp3) is 0.0714. The Morgan fingerprint density at radius 1 is 1.16 bits per heavy atom. The molecule has 0 bridgehead atoms. The van der Waals surface area contributed by atoms with E-state index in [0.717, 1.165) is 23.5 Å². The summed E-state index contributed by atoms with van der Waals surface area (Å²) in [4.78, 5) is 7.73. The number of hydrogen-bond donors (Lipinski definition) is 1. The van der Waals surface area contributed by atoms with Crippen LogP contribution in [0.3, 0.4) is 0 Å². The van der Waals surface area contributed by atoms with Gasteiger partial charge < -0.3 is 4.98 Å². The molecule has 1 aromatic carbocycles. The topological polar surface area (TPSA) is 28.7 Å². The standard InChI is InChI=1S/C14H10Cl2N2S/c15-10-2-1-3-11(16)14(10)12-7-17-13(18-12)6-9-4-5-19-8-9/h1-5,7-8H,6H2,(H,17,18). The molecule has 0 aliphatic carbocycles. The van der Waals surface area contributed by atoms with E-state index in [1.165, 1.54) is 5.56 Å². The molecule has 0 saturated carbocycles. The van der Waals surface area contributed by atoms with Crippen molar-refractivity contribution < 1.29 is 0 Å². The lowest BCUT2D eigenvalue weighted by Crippen LogP contribution is -1.88. The van der Waals surface area contributed by atoms with Gasteiger partial charge in [-0.1, -0.05) is 29.3 Å². The summed E-state index contributed by atoms with van der Waals surface area (Å²) in [7, 11) is 0. The number of aromatic nitrogens is 2. The third-order valence-electron chi connectivity index (χ3n) is 2.80. The molecule has 2 aromatic heterocycles. The second-order valence-corrected chi connectivity index (χ2v) is 5.73. The van der Waals surface area contributed by atoms with Crippen LogP contribution in [0.2, 0.25) is 10.0 Å². The maximum atomic E-state index is 6.18. The van der Waals surface area contributed by atoms with E-state index in [9.17, 15) is 0 Å². The molecule has 5 heteroatoms. The molecule has 0 unspecified atom stereocenters. The molecular weight excluding hydrogens is 299 g/mol. The minimum Gasteiger partial charge on any atom is -0.348 e. The molecule has 0 saturated heterocycles. The van der Waals surface area contributed by atoms with Crippen LogP contribution in [0.25, 0.3) is 11.3 Å². The average molecular weight is 309 g/mol. The van der Waals surface area contributed by atoms with Gasteiger partial charge in [0, 0.05) is 18.2 Å². The summed E-state index contributed by atoms with van der Waals surface area (Å²) in [5.41, 5.74) is 2.80. The highest BCUT2D eigenvalue weighted by molar-refractivity contribution is 7.07. The number of H-pyrrole nitrogens is 1. The van der Waals surface area contributed by atoms with Crippen molar-refractivity contribution in [2.45, 2.75) is 6.42 Å². The van der Waals surface area contributed by atoms with Gasteiger partial charge in [-0.25, -0.2) is 4.98 Å². The SMILES string of the molecule is Clc1cccc(Cl)c1-c1c[nH]c(Cc2ccsc2)n1. The number of aromatic amines is 1. The molecule has 0 radical (unpaired) electrons. The molecule has 0 fully saturated rings. The van der Waals surface area contributed by atoms with Gasteiger partial charge in [0.25, 0.3) is 0 Å². The molecule has 19 heavy (non-hydrogen) atoms. The lowest BCUT2D eigenvalue weighted by atomic mass is 10.2. The van der Waals surface area contributed by atoms with Gasteiger partial charge in [-0.3, -0.25) is 0 Å². The predicted molar refractivity (Wildman–Crippen MR) is 81.2 cm³/mol. The number of nitrogens with zero attached hydrogens (tertiary/aromatic N) is 1. The quantitative estimate of drug-likeness (QED) is 0.721. The number of imidazole rings is 1. The number of halogens is 2. The molecule has 0 aliphatic rings. The fourth-order valence-corrected chi connectivity index (χ4v) is 3.17. The second kappa shape index (κ2) is 5.37. The van der Waals surface area contributed by atoms with Crippen LogP contribution < -0.4 is 0 Å². The number of hydrogen-bond acceptors (Lipinski definition) is 2. The molecule has 2 heterocycles. The Bertz CT molecular complexity index is 669. The van der Waals surface area contributed by atoms with Crippen LogP contribution in [0.5, 0.6) is 0 Å². The summed E-state index contributed by atoms with van der Waals surface area (Å²) in [5, 5.41) is 5.40. The van der Waals surface area contributed by atoms with Gasteiger partial charge in [0.1, 0.15) is 5.82 Å². The molecular formula is C14H10Cl2N2S. The first-order chi connectivity index (χ1) is 9.24. The van der Waals surface area contributed by atoms with Gasteiger partial charge >= 0.3 is 0 Å². The Hall–Kier alpha value is -1.29. The number of nitrogens with one attached hydrogen (secondary N) is 1. The van der Waals surface area contributed by atoms with Crippen molar-refractivity contribution in [2.75, 3.05) is 0 Å². The van der Waals surface area contributed by atoms with E-state index >= 15 is 0 Å². The van der Waals surface area contributed by atoms with Gasteiger partial charge in [-0.15, -0.1) is 0 Å². The lowest BCUT2D eigenvalue weighted by molar-refractivity contribution is 1.03. The van der Waals surface area contributed by atoms with E-state index in [0.29, 0.717) is 10.0 Å². The largest absolute Gasteiger partial charge is 0.348 e. The van der Waals surface area contributed by atoms with Gasteiger partial charge in [0.15, 0.2) is 0 Å². The summed E-state index contributed by atoms with van der Waals surface area (Å²) >= 11 is 14.0. The van der Waals surface area contributed by atoms with Crippen LogP contribution in [0.1, 0.15) is 11.4 Å². The Kier molecular flexibility index (Phi) is 3.60. The van der Waals surface area contributed by atoms with Crippen molar-refractivity contribution in [3.8, 4) is 11.3 Å². The van der Waals surface area contributed by atoms with E-state index in [1.54, 1.807) is 11.3 Å². The van der Waals surface area contributed by atoms with Crippen LogP contribution in [-0.2, 0) is 6.42 Å². The smallest absolute Gasteiger partial charge is 0.111 e. The van der Waals surface area contributed by atoms with Crippen molar-refractivity contribution in [1.29, 1.82) is 0 Å². The molecule has 0 amide bonds. The van der Waals surface area contributed by atoms with E-state index in [2.05, 4.69) is 26.8 Å². The van der Waals surface area contributed by atoms with Gasteiger partial charge in [0.05, 0.1) is 15.7 Å². The zero-order valence-electron chi connectivity index (χ0n) is 9.86. The highest BCUT2D eigenvalue weighted by Gasteiger charge is 2.11. The summed E-state index contributed by atoms with van der Waals surface area (Å²) in [6.07, 6.45) is 2.63. The number of rotatable bonds is 3. The monoisotopic (exact) mass is 308 g/mol. The summed E-state index contributed by atoms with van der Waals surface area (Å²) in [6, 6.07) is 7.55. The second-order valence-electron chi connectivity index (χ2n) is 4.14. The van der Waals surface area contributed by atoms with Gasteiger partial charge in [-0.2, -0.15) is 11.3 Å². The molecule has 0 atom stereocenters. The zero-order chi connectivity index (χ0) is 13.2. The molecule has 0 aliphatic heterocycles. The van der Waals surface area contributed by atoms with Crippen LogP contribution in [0, 0.1) is 0 Å². The van der Waals surface area contributed by atoms with Crippen LogP contribution in [0.15, 0.2) is 41.2 Å². The Labute approximate surface area is 125 Å². The summed E-state index contributed by atoms with van der Waals surface area (Å²) in [6.45, 7) is 0. The molecule has 2 nitrogen and oxygen atoms in total. The normalized spacial score (nSPS) is 10.8. The van der Waals surface area contributed by atoms with Crippen molar-refractivity contribution in [3.05, 3.63) is 62.7 Å². The van der Waals surface area contributed by atoms with Crippen molar-refractivity contribution in [2.24, 2.45) is 0 Å². The first kappa shape index (κ1) is 12.7. The highest BCUT2D eigenvalue weighted by Crippen LogP contribution is 2.33. The summed E-state index contributed by atoms with van der Waals surface area (Å²) < 4.78 is 0. The predicted octanol–water partition coefficient (Wildman–Crippen LogP) is 5.04. The minimum atomic E-state index is 0.612. The van der Waals surface area contributed by atoms with Crippen LogP contribution in [-0.4, -0.2) is 9.97 Å². The van der Waals surface area contributed by atoms with Crippen molar-refractivity contribution in [1.82, 2.24) is 9.97 Å². The number of thiophene rings is 1. The van der Waals surface area contributed by atoms with Crippen LogP contribution >= 0.6 is 34.5 Å². The Morgan fingerprint density at radius 2 is 1.95 bits per heavy atom. The van der Waals surface area contributed by atoms with Gasteiger partial charge in [0.2, 0.25) is 0 Å². The third kappa shape index (κ3) is 2.68. The molecule has 96 valence electrons. The van der Waals surface area contributed by atoms with E-state index in [-0.39, 0.29) is 0 Å². The maximum Gasteiger partial charge on any atom is 0.111 e. The maximum absolute atomic E-state index is 6.18. The molecule has 0 spiro atoms. The highest BCUT2D eigenvalue weighted by atomic mass is 35.5.